The lowest BCUT2D eigenvalue weighted by molar-refractivity contribution is 0.415. The van der Waals surface area contributed by atoms with Crippen LogP contribution in [0.1, 0.15) is 0 Å². The number of benzene rings is 1. The molecule has 0 amide bonds. The van der Waals surface area contributed by atoms with Crippen molar-refractivity contribution in [1.82, 2.24) is 0 Å². The van der Waals surface area contributed by atoms with Gasteiger partial charge in [-0.1, -0.05) is 0 Å². The van der Waals surface area contributed by atoms with E-state index < -0.39 is 10.2 Å². The first-order valence-electron chi connectivity index (χ1n) is 3.86. The molecule has 0 radical (unpaired) electrons. The topological polar surface area (TPSA) is 72.6 Å². The van der Waals surface area contributed by atoms with Crippen molar-refractivity contribution in [1.29, 1.82) is 0 Å². The molecule has 0 aliphatic carbocycles. The summed E-state index contributed by atoms with van der Waals surface area (Å²) in [6.07, 6.45) is 0. The quantitative estimate of drug-likeness (QED) is 0.791. The van der Waals surface area contributed by atoms with Gasteiger partial charge in [0.25, 0.3) is 10.2 Å². The van der Waals surface area contributed by atoms with Crippen LogP contribution in [0.15, 0.2) is 24.3 Å². The van der Waals surface area contributed by atoms with Crippen LogP contribution in [-0.4, -0.2) is 22.6 Å². The van der Waals surface area contributed by atoms with Crippen molar-refractivity contribution in [3.05, 3.63) is 24.3 Å². The summed E-state index contributed by atoms with van der Waals surface area (Å²) in [4.78, 5) is 0. The van der Waals surface area contributed by atoms with E-state index in [1.807, 2.05) is 0 Å². The zero-order valence-electron chi connectivity index (χ0n) is 7.97. The first-order valence-corrected chi connectivity index (χ1v) is 5.36. The van der Waals surface area contributed by atoms with Crippen molar-refractivity contribution in [3.8, 4) is 5.75 Å². The molecule has 0 spiro atoms. The number of hydrogen-bond acceptors (Lipinski definition) is 3. The highest BCUT2D eigenvalue weighted by Gasteiger charge is 2.11. The smallest absolute Gasteiger partial charge is 0.298 e. The molecule has 0 heterocycles. The van der Waals surface area contributed by atoms with E-state index in [4.69, 9.17) is 9.88 Å². The van der Waals surface area contributed by atoms with Gasteiger partial charge in [0.05, 0.1) is 12.8 Å². The van der Waals surface area contributed by atoms with E-state index >= 15 is 0 Å². The van der Waals surface area contributed by atoms with Crippen LogP contribution in [0.25, 0.3) is 0 Å². The highest BCUT2D eigenvalue weighted by Crippen LogP contribution is 2.18. The van der Waals surface area contributed by atoms with E-state index in [2.05, 4.69) is 0 Å². The SMILES string of the molecule is COc1ccc(N(C)S(N)(=O)=O)cc1. The molecule has 5 nitrogen and oxygen atoms in total. The summed E-state index contributed by atoms with van der Waals surface area (Å²) in [7, 11) is -0.757. The highest BCUT2D eigenvalue weighted by atomic mass is 32.2. The maximum Gasteiger partial charge on any atom is 0.298 e. The number of anilines is 1. The lowest BCUT2D eigenvalue weighted by Crippen LogP contribution is -2.32. The summed E-state index contributed by atoms with van der Waals surface area (Å²) in [5.41, 5.74) is 0.494. The molecule has 2 N–H and O–H groups in total. The number of nitrogens with two attached hydrogens (primary N) is 1. The van der Waals surface area contributed by atoms with Crippen molar-refractivity contribution in [2.75, 3.05) is 18.5 Å². The molecule has 6 heteroatoms. The van der Waals surface area contributed by atoms with Gasteiger partial charge in [-0.05, 0) is 24.3 Å². The van der Waals surface area contributed by atoms with Crippen LogP contribution >= 0.6 is 0 Å². The largest absolute Gasteiger partial charge is 0.497 e. The van der Waals surface area contributed by atoms with Crippen LogP contribution in [-0.2, 0) is 10.2 Å². The van der Waals surface area contributed by atoms with Gasteiger partial charge in [-0.25, -0.2) is 5.14 Å². The fourth-order valence-corrected chi connectivity index (χ4v) is 1.35. The molecule has 0 aliphatic rings. The van der Waals surface area contributed by atoms with Crippen molar-refractivity contribution < 1.29 is 13.2 Å². The second kappa shape index (κ2) is 3.85. The number of rotatable bonds is 3. The van der Waals surface area contributed by atoms with Gasteiger partial charge in [-0.3, -0.25) is 4.31 Å². The molecule has 0 aromatic heterocycles. The lowest BCUT2D eigenvalue weighted by Gasteiger charge is -2.15. The summed E-state index contributed by atoms with van der Waals surface area (Å²) in [6.45, 7) is 0. The van der Waals surface area contributed by atoms with Crippen LogP contribution in [0.2, 0.25) is 0 Å². The predicted molar refractivity (Wildman–Crippen MR) is 54.5 cm³/mol. The molecule has 1 aromatic carbocycles. The average molecular weight is 216 g/mol. The molecule has 0 saturated carbocycles. The number of nitrogens with zero attached hydrogens (tertiary/aromatic N) is 1. The van der Waals surface area contributed by atoms with E-state index in [1.54, 1.807) is 31.4 Å². The van der Waals surface area contributed by atoms with Crippen molar-refractivity contribution in [3.63, 3.8) is 0 Å². The third-order valence-corrected chi connectivity index (χ3v) is 2.79. The van der Waals surface area contributed by atoms with Crippen molar-refractivity contribution in [2.24, 2.45) is 5.14 Å². The third kappa shape index (κ3) is 2.36. The Morgan fingerprint density at radius 3 is 2.14 bits per heavy atom. The summed E-state index contributed by atoms with van der Waals surface area (Å²) in [5.74, 6) is 0.663. The highest BCUT2D eigenvalue weighted by molar-refractivity contribution is 7.90. The van der Waals surface area contributed by atoms with Gasteiger partial charge < -0.3 is 4.74 Å². The van der Waals surface area contributed by atoms with Gasteiger partial charge in [0, 0.05) is 7.05 Å². The Hall–Kier alpha value is -1.27. The van der Waals surface area contributed by atoms with Gasteiger partial charge in [0.1, 0.15) is 5.75 Å². The fourth-order valence-electron chi connectivity index (χ4n) is 0.939. The Morgan fingerprint density at radius 1 is 1.29 bits per heavy atom. The minimum Gasteiger partial charge on any atom is -0.497 e. The molecule has 0 bridgehead atoms. The minimum atomic E-state index is -3.68. The van der Waals surface area contributed by atoms with Crippen LogP contribution in [0.4, 0.5) is 5.69 Å². The summed E-state index contributed by atoms with van der Waals surface area (Å²) in [6, 6.07) is 6.56. The Balaban J connectivity index is 2.98. The molecule has 0 fully saturated rings. The van der Waals surface area contributed by atoms with Crippen LogP contribution in [0, 0.1) is 0 Å². The number of hydrogen-bond donors (Lipinski definition) is 1. The standard InChI is InChI=1S/C8H12N2O3S/c1-10(14(9,11)12)7-3-5-8(13-2)6-4-7/h3-6H,1-2H3,(H2,9,11,12). The van der Waals surface area contributed by atoms with Gasteiger partial charge >= 0.3 is 0 Å². The minimum absolute atomic E-state index is 0.494. The van der Waals surface area contributed by atoms with Crippen LogP contribution < -0.4 is 14.2 Å². The molecule has 1 rings (SSSR count). The van der Waals surface area contributed by atoms with Gasteiger partial charge in [-0.15, -0.1) is 0 Å². The third-order valence-electron chi connectivity index (χ3n) is 1.82. The molecule has 1 aromatic rings. The first-order chi connectivity index (χ1) is 6.45. The molecule has 0 atom stereocenters. The van der Waals surface area contributed by atoms with Gasteiger partial charge in [0.15, 0.2) is 0 Å². The Labute approximate surface area is 83.3 Å². The molecule has 0 saturated heterocycles. The summed E-state index contributed by atoms with van der Waals surface area (Å²) < 4.78 is 27.8. The van der Waals surface area contributed by atoms with Crippen molar-refractivity contribution in [2.45, 2.75) is 0 Å². The van der Waals surface area contributed by atoms with Crippen LogP contribution in [0.5, 0.6) is 5.75 Å². The predicted octanol–water partition coefficient (Wildman–Crippen LogP) is 0.335. The average Bonchev–Trinajstić information content (AvgIpc) is 2.15. The second-order valence-electron chi connectivity index (χ2n) is 2.71. The molecule has 78 valence electrons. The molecular weight excluding hydrogens is 204 g/mol. The first kappa shape index (κ1) is 10.8. The Kier molecular flexibility index (Phi) is 2.97. The monoisotopic (exact) mass is 216 g/mol. The number of ether oxygens (including phenoxy) is 1. The molecule has 14 heavy (non-hydrogen) atoms. The maximum absolute atomic E-state index is 11.0. The maximum atomic E-state index is 11.0. The van der Waals surface area contributed by atoms with E-state index in [0.717, 1.165) is 4.31 Å². The lowest BCUT2D eigenvalue weighted by atomic mass is 10.3. The molecule has 0 aliphatic heterocycles. The van der Waals surface area contributed by atoms with Crippen molar-refractivity contribution >= 4 is 15.9 Å². The Bertz CT molecular complexity index is 399. The van der Waals surface area contributed by atoms with E-state index in [9.17, 15) is 8.42 Å². The molecular formula is C8H12N2O3S. The van der Waals surface area contributed by atoms with Gasteiger partial charge in [-0.2, -0.15) is 8.42 Å². The number of methoxy groups -OCH3 is 1. The molecule has 0 unspecified atom stereocenters. The van der Waals surface area contributed by atoms with Crippen LogP contribution in [0.3, 0.4) is 0 Å². The van der Waals surface area contributed by atoms with Gasteiger partial charge in [0.2, 0.25) is 0 Å². The summed E-state index contributed by atoms with van der Waals surface area (Å²) >= 11 is 0. The van der Waals surface area contributed by atoms with E-state index in [0.29, 0.717) is 11.4 Å². The summed E-state index contributed by atoms with van der Waals surface area (Å²) in [5, 5.41) is 4.95. The second-order valence-corrected chi connectivity index (χ2v) is 4.29. The Morgan fingerprint density at radius 2 is 1.79 bits per heavy atom. The fraction of sp³-hybridized carbons (Fsp3) is 0.250. The van der Waals surface area contributed by atoms with E-state index in [-0.39, 0.29) is 0 Å². The zero-order chi connectivity index (χ0) is 10.8. The van der Waals surface area contributed by atoms with E-state index in [1.165, 1.54) is 7.05 Å². The normalized spacial score (nSPS) is 11.1. The zero-order valence-corrected chi connectivity index (χ0v) is 8.78.